The Hall–Kier alpha value is -1.18. The highest BCUT2D eigenvalue weighted by atomic mass is 16.3. The zero-order valence-electron chi connectivity index (χ0n) is 11.9. The average Bonchev–Trinajstić information content (AvgIpc) is 2.38. The van der Waals surface area contributed by atoms with Crippen molar-refractivity contribution in [2.24, 2.45) is 0 Å². The topological polar surface area (TPSA) is 40.5 Å². The molecule has 0 aliphatic carbocycles. The van der Waals surface area contributed by atoms with Crippen molar-refractivity contribution in [2.75, 3.05) is 0 Å². The first-order chi connectivity index (χ1) is 8.65. The molecule has 0 saturated carbocycles. The second-order valence-corrected chi connectivity index (χ2v) is 4.92. The monoisotopic (exact) mass is 250 g/mol. The molecule has 0 bridgehead atoms. The van der Waals surface area contributed by atoms with Crippen LogP contribution in [0.25, 0.3) is 0 Å². The number of hydrogen-bond donors (Lipinski definition) is 2. The molecule has 1 aromatic rings. The average molecular weight is 250 g/mol. The molecular formula is C16H26O2. The van der Waals surface area contributed by atoms with Crippen molar-refractivity contribution >= 4 is 0 Å². The highest BCUT2D eigenvalue weighted by Crippen LogP contribution is 2.36. The van der Waals surface area contributed by atoms with E-state index < -0.39 is 0 Å². The van der Waals surface area contributed by atoms with Gasteiger partial charge in [-0.1, -0.05) is 33.6 Å². The molecule has 2 N–H and O–H groups in total. The minimum atomic E-state index is 0.0400. The van der Waals surface area contributed by atoms with Crippen LogP contribution in [0.3, 0.4) is 0 Å². The molecule has 102 valence electrons. The molecule has 0 saturated heterocycles. The highest BCUT2D eigenvalue weighted by Gasteiger charge is 2.15. The molecule has 2 nitrogen and oxygen atoms in total. The number of unbranched alkanes of at least 4 members (excludes halogenated alkanes) is 2. The summed E-state index contributed by atoms with van der Waals surface area (Å²) >= 11 is 0. The van der Waals surface area contributed by atoms with Gasteiger partial charge in [-0.05, 0) is 49.3 Å². The summed E-state index contributed by atoms with van der Waals surface area (Å²) in [5.41, 5.74) is 3.43. The lowest BCUT2D eigenvalue weighted by molar-refractivity contribution is 0.397. The number of aromatic hydroxyl groups is 2. The Kier molecular flexibility index (Phi) is 6.03. The van der Waals surface area contributed by atoms with Crippen LogP contribution in [0.1, 0.15) is 63.1 Å². The van der Waals surface area contributed by atoms with Crippen molar-refractivity contribution < 1.29 is 10.2 Å². The number of hydrogen-bond acceptors (Lipinski definition) is 2. The summed E-state index contributed by atoms with van der Waals surface area (Å²) in [4.78, 5) is 0. The Labute approximate surface area is 111 Å². The molecule has 0 aromatic heterocycles. The van der Waals surface area contributed by atoms with E-state index in [1.54, 1.807) is 6.07 Å². The van der Waals surface area contributed by atoms with Crippen LogP contribution in [-0.2, 0) is 19.3 Å². The fourth-order valence-corrected chi connectivity index (χ4v) is 2.42. The lowest BCUT2D eigenvalue weighted by Crippen LogP contribution is -2.01. The maximum Gasteiger partial charge on any atom is 0.160 e. The molecule has 0 aliphatic rings. The predicted octanol–water partition coefficient (Wildman–Crippen LogP) is 4.35. The van der Waals surface area contributed by atoms with Crippen LogP contribution in [0.4, 0.5) is 0 Å². The van der Waals surface area contributed by atoms with E-state index >= 15 is 0 Å². The van der Waals surface area contributed by atoms with Gasteiger partial charge < -0.3 is 10.2 Å². The van der Waals surface area contributed by atoms with E-state index in [4.69, 9.17) is 0 Å². The molecule has 1 rings (SSSR count). The molecule has 0 aliphatic heterocycles. The Morgan fingerprint density at radius 1 is 0.889 bits per heavy atom. The largest absolute Gasteiger partial charge is 0.504 e. The van der Waals surface area contributed by atoms with E-state index in [2.05, 4.69) is 20.8 Å². The summed E-state index contributed by atoms with van der Waals surface area (Å²) < 4.78 is 0. The van der Waals surface area contributed by atoms with Crippen LogP contribution in [0.2, 0.25) is 0 Å². The first kappa shape index (κ1) is 14.9. The normalized spacial score (nSPS) is 10.8. The van der Waals surface area contributed by atoms with Gasteiger partial charge in [-0.2, -0.15) is 0 Å². The lowest BCUT2D eigenvalue weighted by Gasteiger charge is -2.17. The van der Waals surface area contributed by atoms with E-state index in [0.717, 1.165) is 50.5 Å². The Morgan fingerprint density at radius 3 is 1.94 bits per heavy atom. The van der Waals surface area contributed by atoms with Crippen LogP contribution >= 0.6 is 0 Å². The Balaban J connectivity index is 3.17. The molecule has 2 heteroatoms. The smallest absolute Gasteiger partial charge is 0.160 e. The van der Waals surface area contributed by atoms with Crippen molar-refractivity contribution in [3.63, 3.8) is 0 Å². The van der Waals surface area contributed by atoms with Crippen molar-refractivity contribution in [2.45, 2.75) is 65.7 Å². The third-order valence-corrected chi connectivity index (χ3v) is 3.53. The van der Waals surface area contributed by atoms with Gasteiger partial charge in [-0.3, -0.25) is 0 Å². The molecule has 0 atom stereocenters. The third kappa shape index (κ3) is 3.41. The zero-order chi connectivity index (χ0) is 13.5. The maximum absolute atomic E-state index is 10.1. The fourth-order valence-electron chi connectivity index (χ4n) is 2.42. The minimum Gasteiger partial charge on any atom is -0.504 e. The molecule has 18 heavy (non-hydrogen) atoms. The predicted molar refractivity (Wildman–Crippen MR) is 76.4 cm³/mol. The Bertz CT molecular complexity index is 383. The summed E-state index contributed by atoms with van der Waals surface area (Å²) in [6.07, 6.45) is 7.22. The van der Waals surface area contributed by atoms with Crippen molar-refractivity contribution in [3.8, 4) is 11.5 Å². The van der Waals surface area contributed by atoms with Crippen molar-refractivity contribution in [1.29, 1.82) is 0 Å². The van der Waals surface area contributed by atoms with Gasteiger partial charge in [-0.15, -0.1) is 0 Å². The molecular weight excluding hydrogens is 224 g/mol. The first-order valence-corrected chi connectivity index (χ1v) is 7.21. The number of phenols is 2. The van der Waals surface area contributed by atoms with Crippen LogP contribution in [0.5, 0.6) is 11.5 Å². The van der Waals surface area contributed by atoms with Gasteiger partial charge in [-0.25, -0.2) is 0 Å². The summed E-state index contributed by atoms with van der Waals surface area (Å²) in [6, 6.07) is 1.73. The molecule has 0 amide bonds. The standard InChI is InChI=1S/C16H26O2/c1-4-7-9-13-12(6-3)11-15(17)16(18)14(13)10-8-5-2/h11,17-18H,4-10H2,1-3H3. The van der Waals surface area contributed by atoms with E-state index in [1.807, 2.05) is 0 Å². The first-order valence-electron chi connectivity index (χ1n) is 7.21. The van der Waals surface area contributed by atoms with E-state index in [0.29, 0.717) is 0 Å². The third-order valence-electron chi connectivity index (χ3n) is 3.53. The van der Waals surface area contributed by atoms with Gasteiger partial charge in [0.1, 0.15) is 0 Å². The second kappa shape index (κ2) is 7.30. The van der Waals surface area contributed by atoms with Gasteiger partial charge in [0.05, 0.1) is 0 Å². The minimum absolute atomic E-state index is 0.0400. The van der Waals surface area contributed by atoms with E-state index in [9.17, 15) is 10.2 Å². The van der Waals surface area contributed by atoms with Crippen LogP contribution in [0.15, 0.2) is 6.07 Å². The summed E-state index contributed by atoms with van der Waals surface area (Å²) in [5.74, 6) is 0.143. The quantitative estimate of drug-likeness (QED) is 0.706. The number of phenolic OH excluding ortho intramolecular Hbond substituents is 2. The SMILES string of the molecule is CCCCc1c(CC)cc(O)c(O)c1CCCC. The van der Waals surface area contributed by atoms with Crippen LogP contribution < -0.4 is 0 Å². The van der Waals surface area contributed by atoms with E-state index in [-0.39, 0.29) is 11.5 Å². The number of benzene rings is 1. The molecule has 0 spiro atoms. The zero-order valence-corrected chi connectivity index (χ0v) is 11.9. The van der Waals surface area contributed by atoms with Gasteiger partial charge in [0.15, 0.2) is 11.5 Å². The molecule has 0 heterocycles. The second-order valence-electron chi connectivity index (χ2n) is 4.92. The van der Waals surface area contributed by atoms with Crippen molar-refractivity contribution in [1.82, 2.24) is 0 Å². The molecule has 0 radical (unpaired) electrons. The number of aryl methyl sites for hydroxylation is 1. The van der Waals surface area contributed by atoms with E-state index in [1.165, 1.54) is 11.1 Å². The molecule has 0 fully saturated rings. The molecule has 0 unspecified atom stereocenters. The fraction of sp³-hybridized carbons (Fsp3) is 0.625. The highest BCUT2D eigenvalue weighted by molar-refractivity contribution is 5.53. The maximum atomic E-state index is 10.1. The van der Waals surface area contributed by atoms with Gasteiger partial charge in [0, 0.05) is 5.56 Å². The van der Waals surface area contributed by atoms with Crippen LogP contribution in [0, 0.1) is 0 Å². The Morgan fingerprint density at radius 2 is 1.44 bits per heavy atom. The summed E-state index contributed by atoms with van der Waals surface area (Å²) in [5, 5.41) is 19.9. The molecule has 1 aromatic carbocycles. The van der Waals surface area contributed by atoms with Gasteiger partial charge in [0.2, 0.25) is 0 Å². The van der Waals surface area contributed by atoms with Gasteiger partial charge >= 0.3 is 0 Å². The summed E-state index contributed by atoms with van der Waals surface area (Å²) in [7, 11) is 0. The van der Waals surface area contributed by atoms with Gasteiger partial charge in [0.25, 0.3) is 0 Å². The summed E-state index contributed by atoms with van der Waals surface area (Å²) in [6.45, 7) is 6.43. The number of rotatable bonds is 7. The van der Waals surface area contributed by atoms with Crippen molar-refractivity contribution in [3.05, 3.63) is 22.8 Å². The van der Waals surface area contributed by atoms with Crippen LogP contribution in [-0.4, -0.2) is 10.2 Å². The lowest BCUT2D eigenvalue weighted by atomic mass is 9.91.